The number of likely N-dealkylation sites (tertiary alicyclic amines) is 2. The highest BCUT2D eigenvalue weighted by Gasteiger charge is 2.55. The van der Waals surface area contributed by atoms with Crippen molar-refractivity contribution in [3.63, 3.8) is 0 Å². The van der Waals surface area contributed by atoms with E-state index in [0.717, 1.165) is 57.7 Å². The first kappa shape index (κ1) is 20.2. The molecule has 2 amide bonds. The quantitative estimate of drug-likeness (QED) is 0.696. The number of hydrogen-bond donors (Lipinski definition) is 0. The van der Waals surface area contributed by atoms with Gasteiger partial charge in [0.2, 0.25) is 11.8 Å². The molecule has 4 aliphatic rings. The Kier molecular flexibility index (Phi) is 5.26. The van der Waals surface area contributed by atoms with Crippen molar-refractivity contribution in [3.8, 4) is 0 Å². The van der Waals surface area contributed by atoms with Gasteiger partial charge >= 0.3 is 0 Å². The smallest absolute Gasteiger partial charge is 0.249 e. The van der Waals surface area contributed by atoms with Crippen molar-refractivity contribution in [2.24, 2.45) is 16.7 Å². The lowest BCUT2D eigenvalue weighted by molar-refractivity contribution is -0.147. The molecule has 0 aromatic heterocycles. The summed E-state index contributed by atoms with van der Waals surface area (Å²) < 4.78 is 5.72. The molecule has 0 aromatic rings. The van der Waals surface area contributed by atoms with Gasteiger partial charge < -0.3 is 14.5 Å². The third kappa shape index (κ3) is 4.24. The van der Waals surface area contributed by atoms with Gasteiger partial charge in [0, 0.05) is 26.1 Å². The van der Waals surface area contributed by atoms with E-state index in [0.29, 0.717) is 17.9 Å². The monoisotopic (exact) mass is 390 g/mol. The van der Waals surface area contributed by atoms with E-state index in [1.54, 1.807) is 0 Å². The molecule has 2 saturated heterocycles. The maximum absolute atomic E-state index is 13.1. The lowest BCUT2D eigenvalue weighted by atomic mass is 9.85. The van der Waals surface area contributed by atoms with E-state index in [9.17, 15) is 9.59 Å². The summed E-state index contributed by atoms with van der Waals surface area (Å²) in [6.07, 6.45) is 9.99. The Morgan fingerprint density at radius 2 is 1.68 bits per heavy atom. The van der Waals surface area contributed by atoms with Crippen LogP contribution in [0.5, 0.6) is 0 Å². The van der Waals surface area contributed by atoms with E-state index in [4.69, 9.17) is 4.74 Å². The molecule has 28 heavy (non-hydrogen) atoms. The summed E-state index contributed by atoms with van der Waals surface area (Å²) in [5, 5.41) is 0. The minimum atomic E-state index is -0.146. The molecule has 2 saturated carbocycles. The maximum atomic E-state index is 13.1. The second kappa shape index (κ2) is 7.30. The minimum Gasteiger partial charge on any atom is -0.371 e. The van der Waals surface area contributed by atoms with Gasteiger partial charge in [0.05, 0.1) is 12.1 Å². The second-order valence-corrected chi connectivity index (χ2v) is 11.2. The zero-order chi connectivity index (χ0) is 20.0. The number of rotatable bonds is 6. The van der Waals surface area contributed by atoms with Crippen molar-refractivity contribution in [1.29, 1.82) is 0 Å². The van der Waals surface area contributed by atoms with Crippen LogP contribution in [0.2, 0.25) is 0 Å². The van der Waals surface area contributed by atoms with Gasteiger partial charge in [-0.25, -0.2) is 0 Å². The van der Waals surface area contributed by atoms with Crippen molar-refractivity contribution in [2.45, 2.75) is 84.1 Å². The zero-order valence-corrected chi connectivity index (χ0v) is 18.1. The molecule has 5 heteroatoms. The van der Waals surface area contributed by atoms with E-state index in [-0.39, 0.29) is 23.5 Å². The highest BCUT2D eigenvalue weighted by molar-refractivity contribution is 5.80. The topological polar surface area (TPSA) is 49.9 Å². The fourth-order valence-electron chi connectivity index (χ4n) is 5.60. The second-order valence-electron chi connectivity index (χ2n) is 11.2. The predicted octanol–water partition coefficient (Wildman–Crippen LogP) is 3.61. The standard InChI is InChI=1S/C23H38N2O3/c1-21(2,3)17-28-15-20(27)25-13-5-9-23(25)8-4-12-24(16-23)19(26)14-22(10-11-22)18-6-7-18/h18H,4-17H2,1-3H3. The number of nitrogens with zero attached hydrogens (tertiary/aromatic N) is 2. The van der Waals surface area contributed by atoms with E-state index < -0.39 is 0 Å². The molecule has 1 spiro atoms. The van der Waals surface area contributed by atoms with Gasteiger partial charge in [0.25, 0.3) is 0 Å². The molecular formula is C23H38N2O3. The fourth-order valence-corrected chi connectivity index (χ4v) is 5.60. The van der Waals surface area contributed by atoms with Gasteiger partial charge in [0.1, 0.15) is 6.61 Å². The summed E-state index contributed by atoms with van der Waals surface area (Å²) in [6.45, 7) is 9.52. The molecule has 2 heterocycles. The largest absolute Gasteiger partial charge is 0.371 e. The maximum Gasteiger partial charge on any atom is 0.249 e. The Hall–Kier alpha value is -1.10. The van der Waals surface area contributed by atoms with Crippen LogP contribution in [-0.4, -0.2) is 60.0 Å². The SMILES string of the molecule is CC(C)(C)COCC(=O)N1CCCC12CCCN(C(=O)CC1(C3CC3)CC1)C2. The molecular weight excluding hydrogens is 352 g/mol. The van der Waals surface area contributed by atoms with Crippen molar-refractivity contribution in [1.82, 2.24) is 9.80 Å². The van der Waals surface area contributed by atoms with Crippen LogP contribution in [0.25, 0.3) is 0 Å². The summed E-state index contributed by atoms with van der Waals surface area (Å²) in [6, 6.07) is 0. The van der Waals surface area contributed by atoms with Gasteiger partial charge in [-0.3, -0.25) is 9.59 Å². The van der Waals surface area contributed by atoms with Crippen molar-refractivity contribution in [3.05, 3.63) is 0 Å². The summed E-state index contributed by atoms with van der Waals surface area (Å²) in [4.78, 5) is 30.1. The van der Waals surface area contributed by atoms with Crippen LogP contribution < -0.4 is 0 Å². The first-order valence-corrected chi connectivity index (χ1v) is 11.4. The van der Waals surface area contributed by atoms with Gasteiger partial charge in [-0.2, -0.15) is 0 Å². The van der Waals surface area contributed by atoms with Crippen molar-refractivity contribution < 1.29 is 14.3 Å². The Labute approximate surface area is 170 Å². The van der Waals surface area contributed by atoms with E-state index >= 15 is 0 Å². The minimum absolute atomic E-state index is 0.0668. The van der Waals surface area contributed by atoms with Gasteiger partial charge in [0.15, 0.2) is 0 Å². The number of carbonyl (C=O) groups is 2. The lowest BCUT2D eigenvalue weighted by Crippen LogP contribution is -2.59. The van der Waals surface area contributed by atoms with E-state index in [1.165, 1.54) is 25.7 Å². The molecule has 1 atom stereocenters. The molecule has 4 rings (SSSR count). The number of carbonyl (C=O) groups excluding carboxylic acids is 2. The first-order valence-electron chi connectivity index (χ1n) is 11.4. The molecule has 158 valence electrons. The molecule has 5 nitrogen and oxygen atoms in total. The van der Waals surface area contributed by atoms with Crippen LogP contribution in [0.4, 0.5) is 0 Å². The molecule has 0 N–H and O–H groups in total. The Bertz CT molecular complexity index is 618. The highest BCUT2D eigenvalue weighted by Crippen LogP contribution is 2.63. The summed E-state index contributed by atoms with van der Waals surface area (Å²) >= 11 is 0. The number of piperidine rings is 1. The van der Waals surface area contributed by atoms with Crippen LogP contribution >= 0.6 is 0 Å². The summed E-state index contributed by atoms with van der Waals surface area (Å²) in [5.41, 5.74) is 0.275. The van der Waals surface area contributed by atoms with Gasteiger partial charge in [-0.1, -0.05) is 20.8 Å². The normalized spacial score (nSPS) is 29.4. The molecule has 1 unspecified atom stereocenters. The lowest BCUT2D eigenvalue weighted by Gasteiger charge is -2.46. The van der Waals surface area contributed by atoms with Gasteiger partial charge in [-0.15, -0.1) is 0 Å². The number of hydrogen-bond acceptors (Lipinski definition) is 3. The molecule has 0 aromatic carbocycles. The van der Waals surface area contributed by atoms with Gasteiger partial charge in [-0.05, 0) is 68.1 Å². The molecule has 0 radical (unpaired) electrons. The Morgan fingerprint density at radius 1 is 1.00 bits per heavy atom. The third-order valence-corrected chi connectivity index (χ3v) is 7.41. The Balaban J connectivity index is 1.35. The van der Waals surface area contributed by atoms with Crippen LogP contribution in [0.1, 0.15) is 78.6 Å². The van der Waals surface area contributed by atoms with Crippen LogP contribution in [0.15, 0.2) is 0 Å². The predicted molar refractivity (Wildman–Crippen MR) is 109 cm³/mol. The average Bonchev–Trinajstić information content (AvgIpc) is 3.53. The average molecular weight is 391 g/mol. The van der Waals surface area contributed by atoms with E-state index in [1.807, 2.05) is 0 Å². The molecule has 2 aliphatic heterocycles. The molecule has 4 fully saturated rings. The summed E-state index contributed by atoms with van der Waals surface area (Å²) in [7, 11) is 0. The zero-order valence-electron chi connectivity index (χ0n) is 18.1. The van der Waals surface area contributed by atoms with Crippen molar-refractivity contribution >= 4 is 11.8 Å². The molecule has 2 aliphatic carbocycles. The number of ether oxygens (including phenoxy) is 1. The molecule has 0 bridgehead atoms. The van der Waals surface area contributed by atoms with Crippen LogP contribution in [0.3, 0.4) is 0 Å². The third-order valence-electron chi connectivity index (χ3n) is 7.41. The highest BCUT2D eigenvalue weighted by atomic mass is 16.5. The van der Waals surface area contributed by atoms with E-state index in [2.05, 4.69) is 30.6 Å². The number of amides is 2. The first-order chi connectivity index (χ1) is 13.2. The van der Waals surface area contributed by atoms with Crippen LogP contribution in [-0.2, 0) is 14.3 Å². The fraction of sp³-hybridized carbons (Fsp3) is 0.913. The van der Waals surface area contributed by atoms with Crippen molar-refractivity contribution in [2.75, 3.05) is 32.8 Å². The van der Waals surface area contributed by atoms with Crippen LogP contribution in [0, 0.1) is 16.7 Å². The Morgan fingerprint density at radius 3 is 2.29 bits per heavy atom. The summed E-state index contributed by atoms with van der Waals surface area (Å²) in [5.74, 6) is 1.26.